The molecule has 3 rings (SSSR count). The first-order chi connectivity index (χ1) is 12.6. The number of nitrogens with one attached hydrogen (secondary N) is 1. The molecule has 1 unspecified atom stereocenters. The van der Waals surface area contributed by atoms with E-state index in [-0.39, 0.29) is 29.5 Å². The summed E-state index contributed by atoms with van der Waals surface area (Å²) in [6, 6.07) is 5.78. The van der Waals surface area contributed by atoms with Crippen LogP contribution in [-0.4, -0.2) is 67.0 Å². The number of amides is 2. The van der Waals surface area contributed by atoms with E-state index in [4.69, 9.17) is 4.74 Å². The number of para-hydroxylation sites is 1. The number of halogens is 1. The average Bonchev–Trinajstić information content (AvgIpc) is 2.69. The molecule has 2 amide bonds. The number of benzene rings is 1. The van der Waals surface area contributed by atoms with Gasteiger partial charge in [0.05, 0.1) is 24.9 Å². The molecule has 142 valence electrons. The van der Waals surface area contributed by atoms with Gasteiger partial charge in [0.1, 0.15) is 5.82 Å². The lowest BCUT2D eigenvalue weighted by Crippen LogP contribution is -2.50. The molecule has 2 aliphatic rings. The third-order valence-electron chi connectivity index (χ3n) is 5.26. The molecule has 1 aromatic carbocycles. The molecule has 0 radical (unpaired) electrons. The number of ether oxygens (including phenoxy) is 1. The predicted octanol–water partition coefficient (Wildman–Crippen LogP) is 1.72. The first-order valence-electron chi connectivity index (χ1n) is 9.22. The van der Waals surface area contributed by atoms with Crippen molar-refractivity contribution in [3.05, 3.63) is 30.1 Å². The molecule has 0 bridgehead atoms. The van der Waals surface area contributed by atoms with E-state index in [0.717, 1.165) is 12.8 Å². The minimum Gasteiger partial charge on any atom is -0.378 e. The first kappa shape index (κ1) is 18.8. The predicted molar refractivity (Wildman–Crippen MR) is 96.2 cm³/mol. The van der Waals surface area contributed by atoms with Gasteiger partial charge in [0, 0.05) is 19.0 Å². The van der Waals surface area contributed by atoms with Gasteiger partial charge < -0.3 is 15.0 Å². The van der Waals surface area contributed by atoms with Crippen LogP contribution in [0.3, 0.4) is 0 Å². The largest absolute Gasteiger partial charge is 0.378 e. The van der Waals surface area contributed by atoms with E-state index in [1.165, 1.54) is 6.07 Å². The summed E-state index contributed by atoms with van der Waals surface area (Å²) in [4.78, 5) is 28.9. The van der Waals surface area contributed by atoms with E-state index in [0.29, 0.717) is 39.4 Å². The van der Waals surface area contributed by atoms with Gasteiger partial charge >= 0.3 is 0 Å². The number of hydrogen-bond donors (Lipinski definition) is 1. The topological polar surface area (TPSA) is 61.9 Å². The molecule has 1 aromatic rings. The van der Waals surface area contributed by atoms with Crippen LogP contribution in [0.15, 0.2) is 24.3 Å². The second-order valence-corrected chi connectivity index (χ2v) is 6.89. The van der Waals surface area contributed by atoms with Crippen LogP contribution in [0.4, 0.5) is 10.1 Å². The van der Waals surface area contributed by atoms with Crippen LogP contribution in [0.5, 0.6) is 0 Å². The lowest BCUT2D eigenvalue weighted by molar-refractivity contribution is -0.141. The highest BCUT2D eigenvalue weighted by Crippen LogP contribution is 2.22. The molecule has 2 aliphatic heterocycles. The Kier molecular flexibility index (Phi) is 6.21. The molecule has 2 saturated heterocycles. The van der Waals surface area contributed by atoms with E-state index >= 15 is 0 Å². The summed E-state index contributed by atoms with van der Waals surface area (Å²) in [6.45, 7) is 5.75. The van der Waals surface area contributed by atoms with E-state index in [9.17, 15) is 14.0 Å². The van der Waals surface area contributed by atoms with Crippen LogP contribution in [0.25, 0.3) is 0 Å². The van der Waals surface area contributed by atoms with E-state index in [1.54, 1.807) is 18.2 Å². The highest BCUT2D eigenvalue weighted by molar-refractivity contribution is 5.94. The van der Waals surface area contributed by atoms with E-state index in [2.05, 4.69) is 10.2 Å². The maximum Gasteiger partial charge on any atom is 0.241 e. The number of piperidine rings is 1. The Morgan fingerprint density at radius 1 is 1.15 bits per heavy atom. The Morgan fingerprint density at radius 2 is 1.81 bits per heavy atom. The van der Waals surface area contributed by atoms with Gasteiger partial charge in [-0.05, 0) is 45.0 Å². The molecular formula is C19H26FN3O3. The molecule has 7 heteroatoms. The van der Waals surface area contributed by atoms with Crippen molar-refractivity contribution < 1.29 is 18.7 Å². The lowest BCUT2D eigenvalue weighted by Gasteiger charge is -2.37. The minimum atomic E-state index is -0.442. The Morgan fingerprint density at radius 3 is 2.46 bits per heavy atom. The Hall–Kier alpha value is -1.99. The quantitative estimate of drug-likeness (QED) is 0.885. The van der Waals surface area contributed by atoms with Gasteiger partial charge in [0.25, 0.3) is 0 Å². The van der Waals surface area contributed by atoms with E-state index in [1.807, 2.05) is 11.8 Å². The number of nitrogens with zero attached hydrogens (tertiary/aromatic N) is 2. The van der Waals surface area contributed by atoms with Gasteiger partial charge in [-0.15, -0.1) is 0 Å². The summed E-state index contributed by atoms with van der Waals surface area (Å²) in [7, 11) is 0. The molecule has 0 spiro atoms. The van der Waals surface area contributed by atoms with Crippen LogP contribution >= 0.6 is 0 Å². The molecule has 26 heavy (non-hydrogen) atoms. The summed E-state index contributed by atoms with van der Waals surface area (Å²) in [6.07, 6.45) is 1.49. The Labute approximate surface area is 153 Å². The van der Waals surface area contributed by atoms with Crippen molar-refractivity contribution in [2.75, 3.05) is 44.7 Å². The molecule has 2 heterocycles. The number of rotatable bonds is 4. The maximum absolute atomic E-state index is 13.7. The zero-order valence-electron chi connectivity index (χ0n) is 15.1. The highest BCUT2D eigenvalue weighted by atomic mass is 19.1. The number of hydrogen-bond acceptors (Lipinski definition) is 4. The van der Waals surface area contributed by atoms with Crippen molar-refractivity contribution in [1.29, 1.82) is 0 Å². The fraction of sp³-hybridized carbons (Fsp3) is 0.579. The molecule has 6 nitrogen and oxygen atoms in total. The van der Waals surface area contributed by atoms with Crippen LogP contribution in [-0.2, 0) is 14.3 Å². The first-order valence-corrected chi connectivity index (χ1v) is 9.22. The number of likely N-dealkylation sites (tertiary alicyclic amines) is 1. The van der Waals surface area contributed by atoms with Crippen LogP contribution in [0.2, 0.25) is 0 Å². The third kappa shape index (κ3) is 4.40. The number of carbonyl (C=O) groups excluding carboxylic acids is 2. The summed E-state index contributed by atoms with van der Waals surface area (Å²) in [5.74, 6) is -0.446. The third-order valence-corrected chi connectivity index (χ3v) is 5.26. The Balaban J connectivity index is 1.50. The van der Waals surface area contributed by atoms with Gasteiger partial charge in [-0.2, -0.15) is 0 Å². The fourth-order valence-electron chi connectivity index (χ4n) is 3.54. The summed E-state index contributed by atoms with van der Waals surface area (Å²) in [5.41, 5.74) is 0.196. The monoisotopic (exact) mass is 363 g/mol. The number of morpholine rings is 1. The van der Waals surface area contributed by atoms with Crippen molar-refractivity contribution in [3.8, 4) is 0 Å². The Bertz CT molecular complexity index is 641. The zero-order chi connectivity index (χ0) is 18.5. The van der Waals surface area contributed by atoms with Crippen molar-refractivity contribution in [2.45, 2.75) is 25.8 Å². The molecule has 0 aliphatic carbocycles. The SMILES string of the molecule is CC(C(=O)Nc1ccccc1F)N1CCC(C(=O)N2CCOCC2)CC1. The van der Waals surface area contributed by atoms with Crippen molar-refractivity contribution in [3.63, 3.8) is 0 Å². The van der Waals surface area contributed by atoms with Gasteiger partial charge in [-0.3, -0.25) is 14.5 Å². The molecule has 1 atom stereocenters. The standard InChI is InChI=1S/C19H26FN3O3/c1-14(18(24)21-17-5-3-2-4-16(17)20)22-8-6-15(7-9-22)19(25)23-10-12-26-13-11-23/h2-5,14-15H,6-13H2,1H3,(H,21,24). The maximum atomic E-state index is 13.7. The van der Waals surface area contributed by atoms with Crippen LogP contribution in [0, 0.1) is 11.7 Å². The second kappa shape index (κ2) is 8.60. The molecule has 2 fully saturated rings. The van der Waals surface area contributed by atoms with Crippen LogP contribution in [0.1, 0.15) is 19.8 Å². The minimum absolute atomic E-state index is 0.0196. The van der Waals surface area contributed by atoms with Crippen LogP contribution < -0.4 is 5.32 Å². The normalized spacial score (nSPS) is 20.6. The van der Waals surface area contributed by atoms with Gasteiger partial charge in [0.2, 0.25) is 11.8 Å². The van der Waals surface area contributed by atoms with Crippen molar-refractivity contribution in [2.24, 2.45) is 5.92 Å². The molecule has 0 saturated carbocycles. The number of carbonyl (C=O) groups is 2. The van der Waals surface area contributed by atoms with E-state index < -0.39 is 5.82 Å². The van der Waals surface area contributed by atoms with Crippen molar-refractivity contribution >= 4 is 17.5 Å². The van der Waals surface area contributed by atoms with Gasteiger partial charge in [0.15, 0.2) is 0 Å². The van der Waals surface area contributed by atoms with Gasteiger partial charge in [-0.25, -0.2) is 4.39 Å². The lowest BCUT2D eigenvalue weighted by atomic mass is 9.94. The molecular weight excluding hydrogens is 337 g/mol. The summed E-state index contributed by atoms with van der Waals surface area (Å²) in [5, 5.41) is 2.65. The average molecular weight is 363 g/mol. The molecule has 1 N–H and O–H groups in total. The zero-order valence-corrected chi connectivity index (χ0v) is 15.1. The molecule has 0 aromatic heterocycles. The van der Waals surface area contributed by atoms with Gasteiger partial charge in [-0.1, -0.05) is 12.1 Å². The summed E-state index contributed by atoms with van der Waals surface area (Å²) < 4.78 is 19.0. The smallest absolute Gasteiger partial charge is 0.241 e. The number of anilines is 1. The van der Waals surface area contributed by atoms with Crippen molar-refractivity contribution in [1.82, 2.24) is 9.80 Å². The highest BCUT2D eigenvalue weighted by Gasteiger charge is 2.32. The summed E-state index contributed by atoms with van der Waals surface area (Å²) >= 11 is 0. The fourth-order valence-corrected chi connectivity index (χ4v) is 3.54. The second-order valence-electron chi connectivity index (χ2n) is 6.89.